The molecule has 0 saturated heterocycles. The van der Waals surface area contributed by atoms with Crippen molar-refractivity contribution in [1.82, 2.24) is 30.0 Å². The Morgan fingerprint density at radius 1 is 1.27 bits per heavy atom. The second kappa shape index (κ2) is 6.51. The van der Waals surface area contributed by atoms with Crippen LogP contribution in [0, 0.1) is 5.92 Å². The molecule has 3 heterocycles. The van der Waals surface area contributed by atoms with Crippen molar-refractivity contribution in [1.29, 1.82) is 0 Å². The van der Waals surface area contributed by atoms with E-state index in [1.165, 1.54) is 0 Å². The largest absolute Gasteiger partial charge is 0.465 e. The summed E-state index contributed by atoms with van der Waals surface area (Å²) in [6.07, 6.45) is 3.55. The molecule has 2 aromatic heterocycles. The second-order valence-electron chi connectivity index (χ2n) is 5.86. The summed E-state index contributed by atoms with van der Waals surface area (Å²) in [6, 6.07) is 9.08. The van der Waals surface area contributed by atoms with Gasteiger partial charge in [0.25, 0.3) is 5.95 Å². The SMILES string of the molecule is CCOC(=O)C1C(C)=Nc2nnnn2C1c1ccccc1-n1cccn1. The molecule has 0 saturated carbocycles. The summed E-state index contributed by atoms with van der Waals surface area (Å²) in [6.45, 7) is 3.87. The number of aromatic nitrogens is 6. The minimum Gasteiger partial charge on any atom is -0.465 e. The topological polar surface area (TPSA) is 100 Å². The first-order chi connectivity index (χ1) is 12.7. The number of carbonyl (C=O) groups excluding carboxylic acids is 1. The molecule has 4 rings (SSSR count). The molecule has 1 aliphatic rings. The number of hydrogen-bond donors (Lipinski definition) is 0. The third kappa shape index (κ3) is 2.57. The third-order valence-corrected chi connectivity index (χ3v) is 4.33. The van der Waals surface area contributed by atoms with Crippen LogP contribution in [0.2, 0.25) is 0 Å². The number of esters is 1. The number of aliphatic imine (C=N–C) groups is 1. The van der Waals surface area contributed by atoms with Gasteiger partial charge in [-0.15, -0.1) is 0 Å². The van der Waals surface area contributed by atoms with Gasteiger partial charge in [-0.25, -0.2) is 14.4 Å². The van der Waals surface area contributed by atoms with Crippen LogP contribution in [0.3, 0.4) is 0 Å². The molecule has 9 nitrogen and oxygen atoms in total. The molecular formula is C17H17N7O2. The predicted molar refractivity (Wildman–Crippen MR) is 92.4 cm³/mol. The first kappa shape index (κ1) is 16.1. The minimum absolute atomic E-state index is 0.290. The number of nitrogens with zero attached hydrogens (tertiary/aromatic N) is 7. The number of fused-ring (bicyclic) bond motifs is 1. The average Bonchev–Trinajstić information content (AvgIpc) is 3.32. The number of para-hydroxylation sites is 1. The molecule has 1 aromatic carbocycles. The van der Waals surface area contributed by atoms with Gasteiger partial charge in [0.1, 0.15) is 12.0 Å². The van der Waals surface area contributed by atoms with Gasteiger partial charge in [-0.1, -0.05) is 23.3 Å². The highest BCUT2D eigenvalue weighted by Gasteiger charge is 2.41. The van der Waals surface area contributed by atoms with Crippen molar-refractivity contribution in [3.05, 3.63) is 48.3 Å². The Bertz CT molecular complexity index is 961. The van der Waals surface area contributed by atoms with E-state index < -0.39 is 12.0 Å². The van der Waals surface area contributed by atoms with Gasteiger partial charge >= 0.3 is 5.97 Å². The summed E-state index contributed by atoms with van der Waals surface area (Å²) in [5, 5.41) is 16.1. The zero-order valence-corrected chi connectivity index (χ0v) is 14.4. The molecule has 2 atom stereocenters. The van der Waals surface area contributed by atoms with Gasteiger partial charge in [-0.05, 0) is 36.4 Å². The summed E-state index contributed by atoms with van der Waals surface area (Å²) < 4.78 is 8.62. The number of benzene rings is 1. The smallest absolute Gasteiger partial charge is 0.317 e. The lowest BCUT2D eigenvalue weighted by atomic mass is 9.87. The molecule has 1 aliphatic heterocycles. The zero-order chi connectivity index (χ0) is 18.1. The van der Waals surface area contributed by atoms with E-state index in [0.717, 1.165) is 11.3 Å². The Morgan fingerprint density at radius 2 is 2.12 bits per heavy atom. The lowest BCUT2D eigenvalue weighted by molar-refractivity contribution is -0.146. The Hall–Kier alpha value is -3.36. The van der Waals surface area contributed by atoms with Crippen molar-refractivity contribution in [2.45, 2.75) is 19.9 Å². The van der Waals surface area contributed by atoms with Crippen molar-refractivity contribution in [2.75, 3.05) is 6.61 Å². The maximum atomic E-state index is 12.7. The van der Waals surface area contributed by atoms with E-state index in [-0.39, 0.29) is 5.97 Å². The molecular weight excluding hydrogens is 334 g/mol. The Labute approximate surface area is 149 Å². The van der Waals surface area contributed by atoms with Crippen LogP contribution >= 0.6 is 0 Å². The molecule has 26 heavy (non-hydrogen) atoms. The van der Waals surface area contributed by atoms with Crippen LogP contribution in [0.1, 0.15) is 25.5 Å². The minimum atomic E-state index is -0.623. The van der Waals surface area contributed by atoms with E-state index in [1.807, 2.05) is 36.5 Å². The molecule has 0 radical (unpaired) electrons. The van der Waals surface area contributed by atoms with E-state index in [9.17, 15) is 4.79 Å². The highest BCUT2D eigenvalue weighted by molar-refractivity contribution is 6.03. The van der Waals surface area contributed by atoms with Crippen LogP contribution in [0.25, 0.3) is 5.69 Å². The molecule has 0 aliphatic carbocycles. The fraction of sp³-hybridized carbons (Fsp3) is 0.294. The van der Waals surface area contributed by atoms with Crippen LogP contribution in [0.4, 0.5) is 5.95 Å². The normalized spacial score (nSPS) is 18.9. The zero-order valence-electron chi connectivity index (χ0n) is 14.4. The first-order valence-corrected chi connectivity index (χ1v) is 8.29. The Morgan fingerprint density at radius 3 is 2.88 bits per heavy atom. The molecule has 132 valence electrons. The van der Waals surface area contributed by atoms with Gasteiger partial charge in [0, 0.05) is 23.7 Å². The van der Waals surface area contributed by atoms with Crippen LogP contribution in [-0.2, 0) is 9.53 Å². The lowest BCUT2D eigenvalue weighted by Crippen LogP contribution is -2.37. The van der Waals surface area contributed by atoms with Crippen LogP contribution in [0.15, 0.2) is 47.7 Å². The third-order valence-electron chi connectivity index (χ3n) is 4.33. The lowest BCUT2D eigenvalue weighted by Gasteiger charge is -2.30. The standard InChI is InChI=1S/C17H17N7O2/c1-3-26-16(25)14-11(2)19-17-20-21-22-24(17)15(14)12-7-4-5-8-13(12)23-10-6-9-18-23/h4-10,14-15H,3H2,1-2H3. The van der Waals surface area contributed by atoms with E-state index in [2.05, 4.69) is 25.6 Å². The monoisotopic (exact) mass is 351 g/mol. The number of ether oxygens (including phenoxy) is 1. The van der Waals surface area contributed by atoms with Gasteiger partial charge in [0.15, 0.2) is 0 Å². The highest BCUT2D eigenvalue weighted by Crippen LogP contribution is 2.37. The summed E-state index contributed by atoms with van der Waals surface area (Å²) in [4.78, 5) is 17.1. The molecule has 0 bridgehead atoms. The van der Waals surface area contributed by atoms with Gasteiger partial charge in [-0.3, -0.25) is 4.79 Å². The summed E-state index contributed by atoms with van der Waals surface area (Å²) >= 11 is 0. The van der Waals surface area contributed by atoms with Crippen molar-refractivity contribution in [3.8, 4) is 5.69 Å². The van der Waals surface area contributed by atoms with E-state index in [1.54, 1.807) is 29.4 Å². The van der Waals surface area contributed by atoms with Crippen molar-refractivity contribution in [3.63, 3.8) is 0 Å². The molecule has 0 amide bonds. The molecule has 3 aromatic rings. The first-order valence-electron chi connectivity index (χ1n) is 8.29. The van der Waals surface area contributed by atoms with Crippen LogP contribution in [0.5, 0.6) is 0 Å². The quantitative estimate of drug-likeness (QED) is 0.664. The fourth-order valence-electron chi connectivity index (χ4n) is 3.24. The number of rotatable bonds is 4. The number of tetrazole rings is 1. The molecule has 0 spiro atoms. The summed E-state index contributed by atoms with van der Waals surface area (Å²) in [7, 11) is 0. The molecule has 2 unspecified atom stereocenters. The van der Waals surface area contributed by atoms with Crippen LogP contribution in [-0.4, -0.2) is 48.3 Å². The van der Waals surface area contributed by atoms with Gasteiger partial charge in [0.05, 0.1) is 12.3 Å². The summed E-state index contributed by atoms with van der Waals surface area (Å²) in [5.41, 5.74) is 2.32. The van der Waals surface area contributed by atoms with Gasteiger partial charge in [0.2, 0.25) is 0 Å². The fourth-order valence-corrected chi connectivity index (χ4v) is 3.24. The maximum Gasteiger partial charge on any atom is 0.317 e. The van der Waals surface area contributed by atoms with E-state index in [4.69, 9.17) is 4.74 Å². The summed E-state index contributed by atoms with van der Waals surface area (Å²) in [5.74, 6) is -0.610. The van der Waals surface area contributed by atoms with Crippen molar-refractivity contribution < 1.29 is 9.53 Å². The average molecular weight is 351 g/mol. The Balaban J connectivity index is 1.91. The molecule has 0 fully saturated rings. The maximum absolute atomic E-state index is 12.7. The van der Waals surface area contributed by atoms with Crippen LogP contribution < -0.4 is 0 Å². The van der Waals surface area contributed by atoms with Gasteiger partial charge < -0.3 is 4.74 Å². The van der Waals surface area contributed by atoms with Gasteiger partial charge in [-0.2, -0.15) is 5.10 Å². The Kier molecular flexibility index (Phi) is 4.04. The molecule has 9 heteroatoms. The van der Waals surface area contributed by atoms with Crippen molar-refractivity contribution in [2.24, 2.45) is 10.9 Å². The molecule has 0 N–H and O–H groups in total. The second-order valence-corrected chi connectivity index (χ2v) is 5.86. The number of hydrogen-bond acceptors (Lipinski definition) is 7. The van der Waals surface area contributed by atoms with Crippen molar-refractivity contribution >= 4 is 17.6 Å². The van der Waals surface area contributed by atoms with E-state index in [0.29, 0.717) is 18.3 Å². The predicted octanol–water partition coefficient (Wildman–Crippen LogP) is 1.73. The van der Waals surface area contributed by atoms with E-state index >= 15 is 0 Å². The highest BCUT2D eigenvalue weighted by atomic mass is 16.5. The number of carbonyl (C=O) groups is 1.